The summed E-state index contributed by atoms with van der Waals surface area (Å²) < 4.78 is 20.7. The Balaban J connectivity index is 1.61. The zero-order valence-corrected chi connectivity index (χ0v) is 15.1. The predicted octanol–water partition coefficient (Wildman–Crippen LogP) is 2.48. The number of hydrogen-bond acceptors (Lipinski definition) is 5. The number of aromatic nitrogens is 3. The van der Waals surface area contributed by atoms with Gasteiger partial charge in [0.05, 0.1) is 18.4 Å². The van der Waals surface area contributed by atoms with E-state index < -0.39 is 0 Å². The molecule has 2 aromatic rings. The highest BCUT2D eigenvalue weighted by Crippen LogP contribution is 2.26. The maximum Gasteiger partial charge on any atom is 0.255 e. The highest BCUT2D eigenvalue weighted by Gasteiger charge is 2.29. The molecule has 27 heavy (non-hydrogen) atoms. The van der Waals surface area contributed by atoms with Gasteiger partial charge in [0.15, 0.2) is 0 Å². The van der Waals surface area contributed by atoms with E-state index in [2.05, 4.69) is 9.88 Å². The van der Waals surface area contributed by atoms with Crippen LogP contribution in [0.1, 0.15) is 6.42 Å². The Bertz CT molecular complexity index is 939. The summed E-state index contributed by atoms with van der Waals surface area (Å²) in [6.45, 7) is 1.79. The van der Waals surface area contributed by atoms with E-state index in [0.29, 0.717) is 37.8 Å². The van der Waals surface area contributed by atoms with Gasteiger partial charge in [0.1, 0.15) is 5.83 Å². The number of halogens is 1. The lowest BCUT2D eigenvalue weighted by Gasteiger charge is -2.37. The molecule has 6 nitrogen and oxygen atoms in total. The van der Waals surface area contributed by atoms with Crippen LogP contribution < -0.4 is 10.5 Å². The van der Waals surface area contributed by atoms with Gasteiger partial charge in [-0.3, -0.25) is 14.3 Å². The summed E-state index contributed by atoms with van der Waals surface area (Å²) in [6.07, 6.45) is 8.86. The summed E-state index contributed by atoms with van der Waals surface area (Å²) in [7, 11) is 1.73. The van der Waals surface area contributed by atoms with E-state index in [4.69, 9.17) is 9.72 Å². The molecule has 1 aliphatic heterocycles. The summed E-state index contributed by atoms with van der Waals surface area (Å²) >= 11 is 0. The quantitative estimate of drug-likeness (QED) is 0.833. The molecule has 0 amide bonds. The largest absolute Gasteiger partial charge is 0.374 e. The lowest BCUT2D eigenvalue weighted by Crippen LogP contribution is -2.47. The molecule has 2 aliphatic rings. The minimum absolute atomic E-state index is 0.0687. The van der Waals surface area contributed by atoms with Crippen LogP contribution in [0.25, 0.3) is 11.3 Å². The normalized spacial score (nSPS) is 22.6. The average molecular weight is 368 g/mol. The third kappa shape index (κ3) is 3.68. The van der Waals surface area contributed by atoms with Gasteiger partial charge in [-0.2, -0.15) is 0 Å². The second-order valence-corrected chi connectivity index (χ2v) is 6.78. The van der Waals surface area contributed by atoms with Crippen LogP contribution in [-0.4, -0.2) is 40.3 Å². The van der Waals surface area contributed by atoms with Crippen molar-refractivity contribution in [3.05, 3.63) is 65.0 Å². The zero-order valence-electron chi connectivity index (χ0n) is 15.1. The van der Waals surface area contributed by atoms with Crippen molar-refractivity contribution in [1.29, 1.82) is 0 Å². The van der Waals surface area contributed by atoms with Crippen LogP contribution in [0.3, 0.4) is 0 Å². The zero-order chi connectivity index (χ0) is 18.8. The van der Waals surface area contributed by atoms with E-state index in [-0.39, 0.29) is 23.4 Å². The smallest absolute Gasteiger partial charge is 0.255 e. The first-order chi connectivity index (χ1) is 13.1. The van der Waals surface area contributed by atoms with Crippen molar-refractivity contribution in [2.24, 2.45) is 13.0 Å². The van der Waals surface area contributed by atoms with Gasteiger partial charge in [0.25, 0.3) is 5.56 Å². The number of ether oxygens (including phenoxy) is 1. The standard InChI is InChI=1S/C20H21FN4O2/c1-24-19(26)12-17(14-6-8-22-9-7-14)23-20(24)25-10-11-27-18(13-25)15-2-4-16(21)5-3-15/h2,4-9,12,15,18H,3,10-11,13H2,1H3/t15?,18-/m0/s1. The van der Waals surface area contributed by atoms with Gasteiger partial charge in [-0.25, -0.2) is 9.37 Å². The second kappa shape index (κ2) is 7.44. The van der Waals surface area contributed by atoms with Crippen molar-refractivity contribution < 1.29 is 9.13 Å². The molecule has 0 spiro atoms. The number of allylic oxidation sites excluding steroid dienone is 3. The molecule has 7 heteroatoms. The fourth-order valence-corrected chi connectivity index (χ4v) is 3.48. The second-order valence-electron chi connectivity index (χ2n) is 6.78. The Hall–Kier alpha value is -2.80. The number of rotatable bonds is 3. The van der Waals surface area contributed by atoms with Gasteiger partial charge in [-0.05, 0) is 30.7 Å². The third-order valence-electron chi connectivity index (χ3n) is 5.03. The van der Waals surface area contributed by atoms with Gasteiger partial charge < -0.3 is 9.64 Å². The molecule has 1 aliphatic carbocycles. The van der Waals surface area contributed by atoms with Gasteiger partial charge in [-0.1, -0.05) is 6.08 Å². The molecule has 4 rings (SSSR count). The molecular weight excluding hydrogens is 347 g/mol. The summed E-state index contributed by atoms with van der Waals surface area (Å²) in [5.74, 6) is 0.532. The number of pyridine rings is 1. The molecular formula is C20H21FN4O2. The Morgan fingerprint density at radius 2 is 2.11 bits per heavy atom. The summed E-state index contributed by atoms with van der Waals surface area (Å²) in [6, 6.07) is 5.21. The van der Waals surface area contributed by atoms with Crippen LogP contribution >= 0.6 is 0 Å². The van der Waals surface area contributed by atoms with Crippen LogP contribution in [0.4, 0.5) is 10.3 Å². The molecule has 0 N–H and O–H groups in total. The maximum atomic E-state index is 13.2. The van der Waals surface area contributed by atoms with Crippen LogP contribution in [-0.2, 0) is 11.8 Å². The highest BCUT2D eigenvalue weighted by atomic mass is 19.1. The van der Waals surface area contributed by atoms with E-state index >= 15 is 0 Å². The first-order valence-electron chi connectivity index (χ1n) is 9.01. The van der Waals surface area contributed by atoms with Crippen molar-refractivity contribution in [2.75, 3.05) is 24.6 Å². The van der Waals surface area contributed by atoms with Gasteiger partial charge in [0, 0.05) is 50.1 Å². The van der Waals surface area contributed by atoms with Crippen LogP contribution in [0.15, 0.2) is 59.4 Å². The van der Waals surface area contributed by atoms with E-state index in [1.165, 1.54) is 12.1 Å². The molecule has 3 heterocycles. The van der Waals surface area contributed by atoms with Gasteiger partial charge in [0.2, 0.25) is 5.95 Å². The van der Waals surface area contributed by atoms with Crippen molar-refractivity contribution in [2.45, 2.75) is 12.5 Å². The molecule has 0 radical (unpaired) electrons. The van der Waals surface area contributed by atoms with E-state index in [1.807, 2.05) is 18.2 Å². The molecule has 1 saturated heterocycles. The maximum absolute atomic E-state index is 13.2. The Labute approximate surface area is 156 Å². The molecule has 0 aromatic carbocycles. The lowest BCUT2D eigenvalue weighted by atomic mass is 9.93. The Morgan fingerprint density at radius 1 is 1.30 bits per heavy atom. The first kappa shape index (κ1) is 17.6. The summed E-state index contributed by atoms with van der Waals surface area (Å²) in [5, 5.41) is 0. The molecule has 1 fully saturated rings. The average Bonchev–Trinajstić information content (AvgIpc) is 2.71. The van der Waals surface area contributed by atoms with E-state index in [0.717, 1.165) is 5.56 Å². The van der Waals surface area contributed by atoms with Crippen LogP contribution in [0, 0.1) is 5.92 Å². The molecule has 0 saturated carbocycles. The lowest BCUT2D eigenvalue weighted by molar-refractivity contribution is 0.0137. The number of nitrogens with zero attached hydrogens (tertiary/aromatic N) is 4. The van der Waals surface area contributed by atoms with Gasteiger partial charge in [-0.15, -0.1) is 0 Å². The fraction of sp³-hybridized carbons (Fsp3) is 0.350. The van der Waals surface area contributed by atoms with E-state index in [9.17, 15) is 9.18 Å². The molecule has 2 atom stereocenters. The van der Waals surface area contributed by atoms with Crippen molar-refractivity contribution in [3.8, 4) is 11.3 Å². The number of morpholine rings is 1. The summed E-state index contributed by atoms with van der Waals surface area (Å²) in [5.41, 5.74) is 1.36. The monoisotopic (exact) mass is 368 g/mol. The summed E-state index contributed by atoms with van der Waals surface area (Å²) in [4.78, 5) is 23.3. The SMILES string of the molecule is Cn1c(N2CCO[C@H](C3C=CC(F)=CC3)C2)nc(-c2ccncc2)cc1=O. The van der Waals surface area contributed by atoms with Crippen LogP contribution in [0.2, 0.25) is 0 Å². The molecule has 0 bridgehead atoms. The molecule has 2 aromatic heterocycles. The minimum atomic E-state index is -0.201. The third-order valence-corrected chi connectivity index (χ3v) is 5.03. The van der Waals surface area contributed by atoms with E-state index in [1.54, 1.807) is 30.1 Å². The van der Waals surface area contributed by atoms with Crippen molar-refractivity contribution in [1.82, 2.24) is 14.5 Å². The molecule has 140 valence electrons. The molecule has 1 unspecified atom stereocenters. The van der Waals surface area contributed by atoms with Crippen molar-refractivity contribution in [3.63, 3.8) is 0 Å². The number of hydrogen-bond donors (Lipinski definition) is 0. The highest BCUT2D eigenvalue weighted by molar-refractivity contribution is 5.59. The number of anilines is 1. The Kier molecular flexibility index (Phi) is 4.85. The fourth-order valence-electron chi connectivity index (χ4n) is 3.48. The predicted molar refractivity (Wildman–Crippen MR) is 101 cm³/mol. The van der Waals surface area contributed by atoms with Crippen molar-refractivity contribution >= 4 is 5.95 Å². The Morgan fingerprint density at radius 3 is 2.85 bits per heavy atom. The van der Waals surface area contributed by atoms with Gasteiger partial charge >= 0.3 is 0 Å². The van der Waals surface area contributed by atoms with Crippen LogP contribution in [0.5, 0.6) is 0 Å². The topological polar surface area (TPSA) is 60.2 Å². The minimum Gasteiger partial charge on any atom is -0.374 e. The first-order valence-corrected chi connectivity index (χ1v) is 9.01.